The number of rotatable bonds is 5. The Kier molecular flexibility index (Phi) is 5.49. The first-order valence-corrected chi connectivity index (χ1v) is 9.74. The van der Waals surface area contributed by atoms with Crippen molar-refractivity contribution in [3.8, 4) is 0 Å². The number of hydrogen-bond donors (Lipinski definition) is 0. The van der Waals surface area contributed by atoms with Gasteiger partial charge in [-0.3, -0.25) is 9.78 Å². The molecule has 0 radical (unpaired) electrons. The molecule has 0 aliphatic heterocycles. The Morgan fingerprint density at radius 3 is 2.77 bits per heavy atom. The molecule has 136 valence electrons. The van der Waals surface area contributed by atoms with E-state index in [4.69, 9.17) is 21.3 Å². The van der Waals surface area contributed by atoms with Crippen LogP contribution in [0.5, 0.6) is 0 Å². The predicted octanol–water partition coefficient (Wildman–Crippen LogP) is 5.82. The van der Waals surface area contributed by atoms with E-state index < -0.39 is 5.41 Å². The van der Waals surface area contributed by atoms with Gasteiger partial charge < -0.3 is 4.74 Å². The maximum Gasteiger partial charge on any atom is 0.317 e. The SMILES string of the molecule is CCCCOC(=O)C(C)(C)c1nc2ccnc(Cl)c2c2cc(Br)ccc12. The number of hydrogen-bond acceptors (Lipinski definition) is 4. The van der Waals surface area contributed by atoms with Crippen molar-refractivity contribution in [2.45, 2.75) is 39.0 Å². The van der Waals surface area contributed by atoms with Crippen LogP contribution < -0.4 is 0 Å². The van der Waals surface area contributed by atoms with Crippen LogP contribution in [-0.4, -0.2) is 22.5 Å². The van der Waals surface area contributed by atoms with Gasteiger partial charge in [0.15, 0.2) is 0 Å². The van der Waals surface area contributed by atoms with Gasteiger partial charge in [-0.1, -0.05) is 46.9 Å². The minimum atomic E-state index is -0.885. The highest BCUT2D eigenvalue weighted by Gasteiger charge is 2.35. The highest BCUT2D eigenvalue weighted by Crippen LogP contribution is 2.37. The van der Waals surface area contributed by atoms with E-state index in [1.807, 2.05) is 38.1 Å². The number of carbonyl (C=O) groups excluding carboxylic acids is 1. The zero-order valence-electron chi connectivity index (χ0n) is 15.0. The summed E-state index contributed by atoms with van der Waals surface area (Å²) in [6.07, 6.45) is 3.45. The van der Waals surface area contributed by atoms with Crippen molar-refractivity contribution >= 4 is 55.2 Å². The first kappa shape index (κ1) is 19.1. The van der Waals surface area contributed by atoms with Gasteiger partial charge in [-0.15, -0.1) is 0 Å². The molecule has 0 bridgehead atoms. The van der Waals surface area contributed by atoms with Gasteiger partial charge in [0.05, 0.1) is 17.8 Å². The van der Waals surface area contributed by atoms with E-state index in [0.717, 1.165) is 33.5 Å². The van der Waals surface area contributed by atoms with Gasteiger partial charge in [-0.25, -0.2) is 4.98 Å². The average Bonchev–Trinajstić information content (AvgIpc) is 2.60. The lowest BCUT2D eigenvalue weighted by atomic mass is 9.85. The minimum Gasteiger partial charge on any atom is -0.465 e. The van der Waals surface area contributed by atoms with Crippen molar-refractivity contribution in [3.05, 3.63) is 45.8 Å². The Morgan fingerprint density at radius 2 is 2.04 bits per heavy atom. The number of pyridine rings is 2. The number of ether oxygens (including phenoxy) is 1. The van der Waals surface area contributed by atoms with Gasteiger partial charge in [-0.05, 0) is 43.9 Å². The molecule has 0 unspecified atom stereocenters. The zero-order chi connectivity index (χ0) is 18.9. The van der Waals surface area contributed by atoms with Crippen molar-refractivity contribution < 1.29 is 9.53 Å². The molecule has 0 saturated heterocycles. The minimum absolute atomic E-state index is 0.276. The topological polar surface area (TPSA) is 52.1 Å². The molecular weight excluding hydrogens is 416 g/mol. The standard InChI is InChI=1S/C20H20BrClN2O2/c1-4-5-10-26-19(25)20(2,3)17-13-7-6-12(21)11-14(13)16-15(24-17)8-9-23-18(16)22/h6-9,11H,4-5,10H2,1-3H3. The number of fused-ring (bicyclic) bond motifs is 3. The fraction of sp³-hybridized carbons (Fsp3) is 0.350. The van der Waals surface area contributed by atoms with Crippen molar-refractivity contribution in [2.24, 2.45) is 0 Å². The normalized spacial score (nSPS) is 11.9. The number of aromatic nitrogens is 2. The van der Waals surface area contributed by atoms with Crippen LogP contribution in [0.2, 0.25) is 5.15 Å². The molecule has 4 nitrogen and oxygen atoms in total. The van der Waals surface area contributed by atoms with E-state index in [0.29, 0.717) is 23.0 Å². The van der Waals surface area contributed by atoms with Gasteiger partial charge in [0.25, 0.3) is 0 Å². The fourth-order valence-electron chi connectivity index (χ4n) is 2.94. The quantitative estimate of drug-likeness (QED) is 0.219. The molecule has 0 atom stereocenters. The second-order valence-corrected chi connectivity index (χ2v) is 8.03. The Balaban J connectivity index is 2.23. The zero-order valence-corrected chi connectivity index (χ0v) is 17.3. The molecule has 3 aromatic rings. The van der Waals surface area contributed by atoms with E-state index in [2.05, 4.69) is 27.8 Å². The molecule has 0 fully saturated rings. The van der Waals surface area contributed by atoms with Crippen LogP contribution in [0.15, 0.2) is 34.9 Å². The molecule has 0 saturated carbocycles. The lowest BCUT2D eigenvalue weighted by Gasteiger charge is -2.24. The third kappa shape index (κ3) is 3.42. The van der Waals surface area contributed by atoms with Crippen molar-refractivity contribution in [1.82, 2.24) is 9.97 Å². The number of benzene rings is 1. The smallest absolute Gasteiger partial charge is 0.317 e. The molecule has 0 aliphatic carbocycles. The average molecular weight is 436 g/mol. The molecule has 0 aliphatic rings. The van der Waals surface area contributed by atoms with Crippen molar-refractivity contribution in [2.75, 3.05) is 6.61 Å². The summed E-state index contributed by atoms with van der Waals surface area (Å²) in [4.78, 5) is 21.7. The van der Waals surface area contributed by atoms with E-state index in [-0.39, 0.29) is 5.97 Å². The van der Waals surface area contributed by atoms with Gasteiger partial charge in [0.1, 0.15) is 10.6 Å². The van der Waals surface area contributed by atoms with Gasteiger partial charge in [0.2, 0.25) is 0 Å². The van der Waals surface area contributed by atoms with Crippen LogP contribution in [0.25, 0.3) is 21.7 Å². The van der Waals surface area contributed by atoms with Crippen LogP contribution in [0.1, 0.15) is 39.3 Å². The van der Waals surface area contributed by atoms with E-state index >= 15 is 0 Å². The summed E-state index contributed by atoms with van der Waals surface area (Å²) in [7, 11) is 0. The summed E-state index contributed by atoms with van der Waals surface area (Å²) in [6, 6.07) is 7.67. The Bertz CT molecular complexity index is 988. The summed E-state index contributed by atoms with van der Waals surface area (Å²) in [5, 5.41) is 2.96. The predicted molar refractivity (Wildman–Crippen MR) is 109 cm³/mol. The largest absolute Gasteiger partial charge is 0.465 e. The van der Waals surface area contributed by atoms with Crippen molar-refractivity contribution in [3.63, 3.8) is 0 Å². The summed E-state index contributed by atoms with van der Waals surface area (Å²) in [6.45, 7) is 6.18. The molecule has 3 rings (SSSR count). The number of nitrogens with zero attached hydrogens (tertiary/aromatic N) is 2. The molecule has 2 aromatic heterocycles. The van der Waals surface area contributed by atoms with E-state index in [1.165, 1.54) is 0 Å². The lowest BCUT2D eigenvalue weighted by molar-refractivity contribution is -0.149. The molecular formula is C20H20BrClN2O2. The fourth-order valence-corrected chi connectivity index (χ4v) is 3.56. The molecule has 0 spiro atoms. The van der Waals surface area contributed by atoms with Gasteiger partial charge in [0, 0.05) is 21.4 Å². The maximum atomic E-state index is 12.7. The number of esters is 1. The molecule has 6 heteroatoms. The maximum absolute atomic E-state index is 12.7. The Morgan fingerprint density at radius 1 is 1.27 bits per heavy atom. The monoisotopic (exact) mass is 434 g/mol. The summed E-state index contributed by atoms with van der Waals surface area (Å²) < 4.78 is 6.41. The van der Waals surface area contributed by atoms with E-state index in [9.17, 15) is 4.79 Å². The number of unbranched alkanes of at least 4 members (excludes halogenated alkanes) is 1. The molecule has 2 heterocycles. The lowest BCUT2D eigenvalue weighted by Crippen LogP contribution is -2.32. The summed E-state index contributed by atoms with van der Waals surface area (Å²) in [5.74, 6) is -0.276. The van der Waals surface area contributed by atoms with E-state index in [1.54, 1.807) is 6.20 Å². The first-order chi connectivity index (χ1) is 12.4. The second kappa shape index (κ2) is 7.49. The van der Waals surface area contributed by atoms with Crippen LogP contribution in [0, 0.1) is 0 Å². The van der Waals surface area contributed by atoms with Crippen LogP contribution in [0.4, 0.5) is 0 Å². The number of halogens is 2. The van der Waals surface area contributed by atoms with Gasteiger partial charge >= 0.3 is 5.97 Å². The van der Waals surface area contributed by atoms with Gasteiger partial charge in [-0.2, -0.15) is 0 Å². The third-order valence-electron chi connectivity index (χ3n) is 4.45. The third-order valence-corrected chi connectivity index (χ3v) is 5.23. The van der Waals surface area contributed by atoms with Crippen LogP contribution in [0.3, 0.4) is 0 Å². The number of carbonyl (C=O) groups is 1. The molecule has 0 amide bonds. The van der Waals surface area contributed by atoms with Crippen LogP contribution in [-0.2, 0) is 14.9 Å². The summed E-state index contributed by atoms with van der Waals surface area (Å²) in [5.41, 5.74) is 0.500. The van der Waals surface area contributed by atoms with Crippen LogP contribution >= 0.6 is 27.5 Å². The Hall–Kier alpha value is -1.72. The Labute approximate surface area is 166 Å². The summed E-state index contributed by atoms with van der Waals surface area (Å²) >= 11 is 9.86. The first-order valence-electron chi connectivity index (χ1n) is 8.57. The highest BCUT2D eigenvalue weighted by atomic mass is 79.9. The second-order valence-electron chi connectivity index (χ2n) is 6.76. The van der Waals surface area contributed by atoms with Crippen molar-refractivity contribution in [1.29, 1.82) is 0 Å². The molecule has 26 heavy (non-hydrogen) atoms. The molecule has 0 N–H and O–H groups in total. The highest BCUT2D eigenvalue weighted by molar-refractivity contribution is 9.10. The molecule has 1 aromatic carbocycles.